The van der Waals surface area contributed by atoms with Crippen LogP contribution in [0.15, 0.2) is 24.4 Å². The van der Waals surface area contributed by atoms with Crippen molar-refractivity contribution >= 4 is 40.7 Å². The fourth-order valence-corrected chi connectivity index (χ4v) is 2.02. The Morgan fingerprint density at radius 3 is 2.76 bits per heavy atom. The molecule has 0 spiro atoms. The number of anilines is 3. The first kappa shape index (κ1) is 15.8. The van der Waals surface area contributed by atoms with Gasteiger partial charge >= 0.3 is 0 Å². The monoisotopic (exact) mass is 326 g/mol. The first-order valence-electron chi connectivity index (χ1n) is 6.35. The van der Waals surface area contributed by atoms with E-state index in [0.717, 1.165) is 13.1 Å². The third kappa shape index (κ3) is 5.00. The number of halogens is 2. The largest absolute Gasteiger partial charge is 0.367 e. The van der Waals surface area contributed by atoms with Crippen molar-refractivity contribution in [3.63, 3.8) is 0 Å². The van der Waals surface area contributed by atoms with Gasteiger partial charge < -0.3 is 15.5 Å². The van der Waals surface area contributed by atoms with E-state index in [1.165, 1.54) is 0 Å². The number of likely N-dealkylation sites (N-methyl/N-ethyl adjacent to an activating group) is 1. The molecule has 0 unspecified atom stereocenters. The van der Waals surface area contributed by atoms with Gasteiger partial charge in [0.15, 0.2) is 5.82 Å². The van der Waals surface area contributed by atoms with Crippen molar-refractivity contribution in [3.8, 4) is 0 Å². The number of nitrogens with one attached hydrogen (secondary N) is 2. The molecule has 0 radical (unpaired) electrons. The smallest absolute Gasteiger partial charge is 0.249 e. The van der Waals surface area contributed by atoms with Crippen LogP contribution in [-0.4, -0.2) is 47.3 Å². The standard InChI is InChI=1S/C13H16Cl2N6/c1-21(2)6-5-16-12-8-17-20-13(19-12)18-11-4-3-9(14)7-10(11)15/h3-4,7-8H,5-6H2,1-2H3,(H2,16,18,19,20). The summed E-state index contributed by atoms with van der Waals surface area (Å²) in [6.07, 6.45) is 1.57. The van der Waals surface area contributed by atoms with E-state index in [1.54, 1.807) is 24.4 Å². The predicted octanol–water partition coefficient (Wildman–Crippen LogP) is 2.90. The Kier molecular flexibility index (Phi) is 5.55. The lowest BCUT2D eigenvalue weighted by molar-refractivity contribution is 0.425. The number of benzene rings is 1. The van der Waals surface area contributed by atoms with Crippen molar-refractivity contribution in [2.75, 3.05) is 37.8 Å². The summed E-state index contributed by atoms with van der Waals surface area (Å²) >= 11 is 12.0. The molecule has 1 heterocycles. The number of hydrogen-bond donors (Lipinski definition) is 2. The van der Waals surface area contributed by atoms with Crippen LogP contribution in [0.2, 0.25) is 10.0 Å². The van der Waals surface area contributed by atoms with Crippen molar-refractivity contribution < 1.29 is 0 Å². The molecule has 1 aromatic carbocycles. The number of nitrogens with zero attached hydrogens (tertiary/aromatic N) is 4. The molecule has 0 bridgehead atoms. The minimum absolute atomic E-state index is 0.370. The van der Waals surface area contributed by atoms with E-state index in [9.17, 15) is 0 Å². The highest BCUT2D eigenvalue weighted by Gasteiger charge is 2.05. The Balaban J connectivity index is 2.03. The van der Waals surface area contributed by atoms with Crippen LogP contribution in [0.3, 0.4) is 0 Å². The molecular formula is C13H16Cl2N6. The van der Waals surface area contributed by atoms with E-state index in [0.29, 0.717) is 27.5 Å². The third-order valence-corrected chi connectivity index (χ3v) is 3.15. The summed E-state index contributed by atoms with van der Waals surface area (Å²) in [4.78, 5) is 6.40. The average molecular weight is 327 g/mol. The summed E-state index contributed by atoms with van der Waals surface area (Å²) in [6, 6.07) is 5.15. The van der Waals surface area contributed by atoms with Gasteiger partial charge in [0.25, 0.3) is 0 Å². The van der Waals surface area contributed by atoms with E-state index < -0.39 is 0 Å². The van der Waals surface area contributed by atoms with E-state index in [2.05, 4.69) is 30.7 Å². The van der Waals surface area contributed by atoms with Crippen molar-refractivity contribution in [3.05, 3.63) is 34.4 Å². The summed E-state index contributed by atoms with van der Waals surface area (Å²) < 4.78 is 0. The maximum atomic E-state index is 6.09. The molecule has 0 atom stereocenters. The highest BCUT2D eigenvalue weighted by atomic mass is 35.5. The molecule has 0 amide bonds. The molecule has 112 valence electrons. The summed E-state index contributed by atoms with van der Waals surface area (Å²) in [6.45, 7) is 1.67. The average Bonchev–Trinajstić information content (AvgIpc) is 2.42. The maximum absolute atomic E-state index is 6.09. The minimum atomic E-state index is 0.370. The van der Waals surface area contributed by atoms with Gasteiger partial charge in [0.1, 0.15) is 0 Å². The second-order valence-electron chi connectivity index (χ2n) is 4.64. The van der Waals surface area contributed by atoms with Crippen molar-refractivity contribution in [1.82, 2.24) is 20.1 Å². The number of rotatable bonds is 6. The second-order valence-corrected chi connectivity index (χ2v) is 5.49. The highest BCUT2D eigenvalue weighted by molar-refractivity contribution is 6.36. The number of aromatic nitrogens is 3. The van der Waals surface area contributed by atoms with Crippen LogP contribution < -0.4 is 10.6 Å². The lowest BCUT2D eigenvalue weighted by Gasteiger charge is -2.11. The minimum Gasteiger partial charge on any atom is -0.367 e. The fraction of sp³-hybridized carbons (Fsp3) is 0.308. The number of hydrogen-bond acceptors (Lipinski definition) is 6. The first-order valence-corrected chi connectivity index (χ1v) is 7.10. The quantitative estimate of drug-likeness (QED) is 0.850. The van der Waals surface area contributed by atoms with Crippen molar-refractivity contribution in [2.24, 2.45) is 0 Å². The summed E-state index contributed by atoms with van der Waals surface area (Å²) in [5.41, 5.74) is 0.674. The third-order valence-electron chi connectivity index (χ3n) is 2.60. The van der Waals surface area contributed by atoms with Crippen molar-refractivity contribution in [2.45, 2.75) is 0 Å². The second kappa shape index (κ2) is 7.40. The van der Waals surface area contributed by atoms with Gasteiger partial charge in [-0.15, -0.1) is 5.10 Å². The molecule has 2 N–H and O–H groups in total. The molecule has 21 heavy (non-hydrogen) atoms. The van der Waals surface area contributed by atoms with E-state index in [1.807, 2.05) is 14.1 Å². The lowest BCUT2D eigenvalue weighted by atomic mass is 10.3. The van der Waals surface area contributed by atoms with Crippen LogP contribution in [0.4, 0.5) is 17.5 Å². The molecule has 0 saturated heterocycles. The zero-order valence-electron chi connectivity index (χ0n) is 11.8. The topological polar surface area (TPSA) is 66.0 Å². The zero-order chi connectivity index (χ0) is 15.2. The molecule has 2 rings (SSSR count). The van der Waals surface area contributed by atoms with Crippen LogP contribution in [0, 0.1) is 0 Å². The summed E-state index contributed by atoms with van der Waals surface area (Å²) in [5, 5.41) is 15.1. The Morgan fingerprint density at radius 2 is 2.05 bits per heavy atom. The maximum Gasteiger partial charge on any atom is 0.249 e. The van der Waals surface area contributed by atoms with Crippen LogP contribution in [0.25, 0.3) is 0 Å². The van der Waals surface area contributed by atoms with E-state index in [-0.39, 0.29) is 0 Å². The molecule has 6 nitrogen and oxygen atoms in total. The Hall–Kier alpha value is -1.63. The molecule has 8 heteroatoms. The highest BCUT2D eigenvalue weighted by Crippen LogP contribution is 2.27. The molecule has 0 fully saturated rings. The van der Waals surface area contributed by atoms with Gasteiger partial charge in [-0.1, -0.05) is 23.2 Å². The Morgan fingerprint density at radius 1 is 1.24 bits per heavy atom. The molecule has 0 aliphatic rings. The Bertz CT molecular complexity index is 605. The van der Waals surface area contributed by atoms with Crippen LogP contribution in [0.5, 0.6) is 0 Å². The van der Waals surface area contributed by atoms with Gasteiger partial charge in [0.2, 0.25) is 5.95 Å². The normalized spacial score (nSPS) is 10.7. The van der Waals surface area contributed by atoms with Gasteiger partial charge in [-0.05, 0) is 32.3 Å². The van der Waals surface area contributed by atoms with Crippen LogP contribution >= 0.6 is 23.2 Å². The lowest BCUT2D eigenvalue weighted by Crippen LogP contribution is -2.21. The fourth-order valence-electron chi connectivity index (χ4n) is 1.56. The molecule has 0 aliphatic heterocycles. The molecule has 2 aromatic rings. The molecule has 0 saturated carbocycles. The SMILES string of the molecule is CN(C)CCNc1cnnc(Nc2ccc(Cl)cc2Cl)n1. The van der Waals surface area contributed by atoms with Gasteiger partial charge in [-0.2, -0.15) is 10.1 Å². The molecule has 1 aromatic heterocycles. The van der Waals surface area contributed by atoms with E-state index >= 15 is 0 Å². The van der Waals surface area contributed by atoms with Crippen molar-refractivity contribution in [1.29, 1.82) is 0 Å². The van der Waals surface area contributed by atoms with Gasteiger partial charge in [-0.25, -0.2) is 0 Å². The zero-order valence-corrected chi connectivity index (χ0v) is 13.3. The first-order chi connectivity index (χ1) is 10.0. The van der Waals surface area contributed by atoms with Gasteiger partial charge in [0, 0.05) is 18.1 Å². The van der Waals surface area contributed by atoms with Gasteiger partial charge in [0.05, 0.1) is 16.9 Å². The van der Waals surface area contributed by atoms with Crippen LogP contribution in [0.1, 0.15) is 0 Å². The van der Waals surface area contributed by atoms with Crippen LogP contribution in [-0.2, 0) is 0 Å². The van der Waals surface area contributed by atoms with Gasteiger partial charge in [-0.3, -0.25) is 0 Å². The molecule has 0 aliphatic carbocycles. The summed E-state index contributed by atoms with van der Waals surface area (Å²) in [7, 11) is 4.02. The predicted molar refractivity (Wildman–Crippen MR) is 86.6 cm³/mol. The summed E-state index contributed by atoms with van der Waals surface area (Å²) in [5.74, 6) is 1.02. The molecular weight excluding hydrogens is 311 g/mol. The van der Waals surface area contributed by atoms with E-state index in [4.69, 9.17) is 23.2 Å². The Labute approximate surface area is 133 Å².